The van der Waals surface area contributed by atoms with Crippen molar-refractivity contribution in [1.82, 2.24) is 20.3 Å². The number of carbonyl (C=O) groups is 2. The predicted octanol–water partition coefficient (Wildman–Crippen LogP) is 3.53. The molecule has 0 radical (unpaired) electrons. The minimum Gasteiger partial charge on any atom is -0.460 e. The average molecular weight is 466 g/mol. The SMILES string of the molecule is CC(C)(C)OC(=O)CC[C@H](NC(=O)OC(C)(C)C)C(=S)n1nnc2ccc([N+](=O)[O-])cc21. The molecule has 2 rings (SSSR count). The van der Waals surface area contributed by atoms with Crippen molar-refractivity contribution < 1.29 is 24.0 Å². The van der Waals surface area contributed by atoms with Gasteiger partial charge in [-0.3, -0.25) is 14.9 Å². The first-order valence-electron chi connectivity index (χ1n) is 9.92. The first-order chi connectivity index (χ1) is 14.7. The fourth-order valence-corrected chi connectivity index (χ4v) is 3.00. The number of fused-ring (bicyclic) bond motifs is 1. The van der Waals surface area contributed by atoms with Gasteiger partial charge in [-0.2, -0.15) is 0 Å². The summed E-state index contributed by atoms with van der Waals surface area (Å²) in [5, 5.41) is 21.7. The number of non-ortho nitro benzene ring substituents is 1. The van der Waals surface area contributed by atoms with E-state index in [1.54, 1.807) is 41.5 Å². The molecule has 0 spiro atoms. The molecule has 1 aromatic carbocycles. The van der Waals surface area contributed by atoms with Gasteiger partial charge in [0.1, 0.15) is 27.2 Å². The van der Waals surface area contributed by atoms with Gasteiger partial charge in [-0.25, -0.2) is 9.48 Å². The quantitative estimate of drug-likeness (QED) is 0.294. The number of ether oxygens (including phenoxy) is 2. The molecule has 0 aliphatic rings. The molecule has 11 nitrogen and oxygen atoms in total. The molecule has 174 valence electrons. The third-order valence-corrected chi connectivity index (χ3v) is 4.35. The van der Waals surface area contributed by atoms with Crippen molar-refractivity contribution in [2.24, 2.45) is 0 Å². The molecule has 0 bridgehead atoms. The van der Waals surface area contributed by atoms with Crippen LogP contribution in [0.1, 0.15) is 54.4 Å². The van der Waals surface area contributed by atoms with Crippen molar-refractivity contribution >= 4 is 46.0 Å². The smallest absolute Gasteiger partial charge is 0.408 e. The van der Waals surface area contributed by atoms with E-state index in [1.165, 1.54) is 22.9 Å². The molecule has 1 atom stereocenters. The first-order valence-corrected chi connectivity index (χ1v) is 10.3. The number of nitro groups is 1. The lowest BCUT2D eigenvalue weighted by atomic mass is 10.1. The zero-order chi connectivity index (χ0) is 24.3. The number of hydrogen-bond acceptors (Lipinski definition) is 9. The Morgan fingerprint density at radius 2 is 1.81 bits per heavy atom. The molecule has 0 saturated carbocycles. The van der Waals surface area contributed by atoms with Crippen molar-refractivity contribution in [2.75, 3.05) is 0 Å². The number of esters is 1. The number of nitro benzene ring substituents is 1. The van der Waals surface area contributed by atoms with Gasteiger partial charge in [0.25, 0.3) is 5.69 Å². The Morgan fingerprint density at radius 3 is 2.38 bits per heavy atom. The van der Waals surface area contributed by atoms with E-state index in [2.05, 4.69) is 15.6 Å². The number of carbonyl (C=O) groups excluding carboxylic acids is 2. The molecule has 1 aromatic heterocycles. The van der Waals surface area contributed by atoms with Gasteiger partial charge in [0.05, 0.1) is 11.0 Å². The second-order valence-electron chi connectivity index (χ2n) is 9.09. The molecular weight excluding hydrogens is 438 g/mol. The van der Waals surface area contributed by atoms with Crippen molar-refractivity contribution in [1.29, 1.82) is 0 Å². The summed E-state index contributed by atoms with van der Waals surface area (Å²) in [7, 11) is 0. The lowest BCUT2D eigenvalue weighted by Gasteiger charge is -2.24. The van der Waals surface area contributed by atoms with Crippen molar-refractivity contribution in [3.8, 4) is 0 Å². The van der Waals surface area contributed by atoms with E-state index >= 15 is 0 Å². The topological polar surface area (TPSA) is 138 Å². The molecule has 1 heterocycles. The van der Waals surface area contributed by atoms with Crippen molar-refractivity contribution in [3.05, 3.63) is 28.3 Å². The second kappa shape index (κ2) is 9.55. The first kappa shape index (κ1) is 25.1. The highest BCUT2D eigenvalue weighted by atomic mass is 32.1. The third kappa shape index (κ3) is 7.22. The Labute approximate surface area is 190 Å². The third-order valence-electron chi connectivity index (χ3n) is 3.89. The van der Waals surface area contributed by atoms with E-state index in [4.69, 9.17) is 21.7 Å². The average Bonchev–Trinajstić information content (AvgIpc) is 3.04. The van der Waals surface area contributed by atoms with Gasteiger partial charge in [0.2, 0.25) is 0 Å². The van der Waals surface area contributed by atoms with E-state index in [0.29, 0.717) is 11.0 Å². The summed E-state index contributed by atoms with van der Waals surface area (Å²) in [6.45, 7) is 10.4. The van der Waals surface area contributed by atoms with Crippen molar-refractivity contribution in [3.63, 3.8) is 0 Å². The van der Waals surface area contributed by atoms with Crippen LogP contribution in [0.4, 0.5) is 10.5 Å². The number of amides is 1. The van der Waals surface area contributed by atoms with E-state index in [-0.39, 0.29) is 23.5 Å². The van der Waals surface area contributed by atoms with Crippen LogP contribution in [0.5, 0.6) is 0 Å². The molecule has 12 heteroatoms. The van der Waals surface area contributed by atoms with Crippen LogP contribution in [-0.2, 0) is 14.3 Å². The van der Waals surface area contributed by atoms with Gasteiger partial charge in [-0.05, 0) is 54.0 Å². The molecule has 2 aromatic rings. The molecule has 0 unspecified atom stereocenters. The van der Waals surface area contributed by atoms with E-state index in [9.17, 15) is 19.7 Å². The minimum atomic E-state index is -0.850. The maximum atomic E-state index is 12.4. The Hall–Kier alpha value is -3.15. The van der Waals surface area contributed by atoms with Crippen LogP contribution in [-0.4, -0.2) is 54.2 Å². The number of aromatic nitrogens is 3. The van der Waals surface area contributed by atoms with E-state index < -0.39 is 34.2 Å². The maximum Gasteiger partial charge on any atom is 0.408 e. The molecule has 0 aliphatic heterocycles. The highest BCUT2D eigenvalue weighted by Crippen LogP contribution is 2.20. The Balaban J connectivity index is 2.31. The summed E-state index contributed by atoms with van der Waals surface area (Å²) >= 11 is 5.52. The van der Waals surface area contributed by atoms with Gasteiger partial charge in [0.15, 0.2) is 0 Å². The number of nitrogens with zero attached hydrogens (tertiary/aromatic N) is 4. The fourth-order valence-electron chi connectivity index (χ4n) is 2.69. The summed E-state index contributed by atoms with van der Waals surface area (Å²) in [6, 6.07) is 3.21. The molecule has 0 fully saturated rings. The summed E-state index contributed by atoms with van der Waals surface area (Å²) in [6.07, 6.45) is -0.669. The van der Waals surface area contributed by atoms with Crippen LogP contribution in [0.25, 0.3) is 11.0 Å². The van der Waals surface area contributed by atoms with Gasteiger partial charge in [0, 0.05) is 18.6 Å². The van der Waals surface area contributed by atoms with E-state index in [1.807, 2.05) is 0 Å². The van der Waals surface area contributed by atoms with Crippen molar-refractivity contribution in [2.45, 2.75) is 71.6 Å². The van der Waals surface area contributed by atoms with Crippen LogP contribution >= 0.6 is 12.2 Å². The van der Waals surface area contributed by atoms with Gasteiger partial charge in [-0.15, -0.1) is 5.10 Å². The van der Waals surface area contributed by atoms with Crippen LogP contribution < -0.4 is 5.32 Å². The normalized spacial score (nSPS) is 12.8. The largest absolute Gasteiger partial charge is 0.460 e. The second-order valence-corrected chi connectivity index (χ2v) is 9.51. The van der Waals surface area contributed by atoms with Crippen LogP contribution in [0.3, 0.4) is 0 Å². The summed E-state index contributed by atoms with van der Waals surface area (Å²) < 4.78 is 11.9. The summed E-state index contributed by atoms with van der Waals surface area (Å²) in [5.41, 5.74) is -0.873. The molecule has 0 saturated heterocycles. The van der Waals surface area contributed by atoms with Gasteiger partial charge in [-0.1, -0.05) is 17.4 Å². The zero-order valence-corrected chi connectivity index (χ0v) is 19.7. The lowest BCUT2D eigenvalue weighted by molar-refractivity contribution is -0.384. The maximum absolute atomic E-state index is 12.4. The molecule has 32 heavy (non-hydrogen) atoms. The minimum absolute atomic E-state index is 0.0371. The highest BCUT2D eigenvalue weighted by Gasteiger charge is 2.27. The number of benzene rings is 1. The predicted molar refractivity (Wildman–Crippen MR) is 120 cm³/mol. The Bertz CT molecular complexity index is 1040. The Kier molecular flexibility index (Phi) is 7.50. The molecule has 1 amide bonds. The fraction of sp³-hybridized carbons (Fsp3) is 0.550. The number of rotatable bonds is 6. The van der Waals surface area contributed by atoms with Gasteiger partial charge < -0.3 is 14.8 Å². The Morgan fingerprint density at radius 1 is 1.19 bits per heavy atom. The van der Waals surface area contributed by atoms with Crippen LogP contribution in [0.15, 0.2) is 18.2 Å². The molecular formula is C20H27N5O6S. The molecule has 1 N–H and O–H groups in total. The number of thiocarbonyl (C=S) groups is 1. The monoisotopic (exact) mass is 465 g/mol. The number of alkyl carbamates (subject to hydrolysis) is 1. The lowest BCUT2D eigenvalue weighted by Crippen LogP contribution is -2.45. The van der Waals surface area contributed by atoms with Crippen LogP contribution in [0.2, 0.25) is 0 Å². The summed E-state index contributed by atoms with van der Waals surface area (Å²) in [5.74, 6) is -0.463. The standard InChI is InChI=1S/C20H27N5O6S/c1-19(2,3)30-16(26)10-9-14(21-18(27)31-20(4,5)6)17(32)24-15-11-12(25(28)29)7-8-13(15)22-23-24/h7-8,11,14H,9-10H2,1-6H3,(H,21,27)/t14-/m0/s1. The molecule has 0 aliphatic carbocycles. The van der Waals surface area contributed by atoms with Gasteiger partial charge >= 0.3 is 12.1 Å². The summed E-state index contributed by atoms with van der Waals surface area (Å²) in [4.78, 5) is 35.3. The number of nitrogens with one attached hydrogen (secondary N) is 1. The van der Waals surface area contributed by atoms with Crippen LogP contribution in [0, 0.1) is 10.1 Å². The highest BCUT2D eigenvalue weighted by molar-refractivity contribution is 7.80. The number of hydrogen-bond donors (Lipinski definition) is 1. The zero-order valence-electron chi connectivity index (χ0n) is 18.9. The van der Waals surface area contributed by atoms with E-state index in [0.717, 1.165) is 0 Å².